The van der Waals surface area contributed by atoms with E-state index in [9.17, 15) is 9.18 Å². The molecule has 1 heterocycles. The number of esters is 1. The lowest BCUT2D eigenvalue weighted by molar-refractivity contribution is 0.0595. The van der Waals surface area contributed by atoms with Gasteiger partial charge in [0.25, 0.3) is 0 Å². The molecule has 3 nitrogen and oxygen atoms in total. The maximum absolute atomic E-state index is 14.0. The van der Waals surface area contributed by atoms with Gasteiger partial charge in [0.05, 0.1) is 12.7 Å². The molecule has 2 rings (SSSR count). The van der Waals surface area contributed by atoms with E-state index in [1.165, 1.54) is 13.2 Å². The maximum atomic E-state index is 14.0. The zero-order chi connectivity index (χ0) is 11.7. The van der Waals surface area contributed by atoms with Crippen LogP contribution in [0.3, 0.4) is 0 Å². The Hall–Kier alpha value is -1.58. The highest BCUT2D eigenvalue weighted by Gasteiger charge is 2.23. The van der Waals surface area contributed by atoms with Gasteiger partial charge in [0.1, 0.15) is 5.82 Å². The number of carbonyl (C=O) groups is 1. The molecule has 0 saturated heterocycles. The average molecular weight is 223 g/mol. The summed E-state index contributed by atoms with van der Waals surface area (Å²) in [5.41, 5.74) is 1.38. The fourth-order valence-electron chi connectivity index (χ4n) is 1.96. The van der Waals surface area contributed by atoms with Gasteiger partial charge in [-0.05, 0) is 24.5 Å². The number of fused-ring (bicyclic) bond motifs is 1. The van der Waals surface area contributed by atoms with Crippen molar-refractivity contribution in [3.8, 4) is 0 Å². The highest BCUT2D eigenvalue weighted by atomic mass is 19.1. The van der Waals surface area contributed by atoms with E-state index in [0.717, 1.165) is 12.2 Å². The number of benzene rings is 1. The third-order valence-electron chi connectivity index (χ3n) is 2.84. The Kier molecular flexibility index (Phi) is 2.81. The summed E-state index contributed by atoms with van der Waals surface area (Å²) in [5, 5.41) is 3.15. The fraction of sp³-hybridized carbons (Fsp3) is 0.417. The summed E-state index contributed by atoms with van der Waals surface area (Å²) in [6.07, 6.45) is 0.652. The van der Waals surface area contributed by atoms with Gasteiger partial charge in [0, 0.05) is 17.8 Å². The standard InChI is InChI=1S/C12H14FNO2/c1-7-5-9-10(14-6-7)4-3-8(11(9)13)12(15)16-2/h3-4,7,14H,5-6H2,1-2H3. The molecule has 0 aliphatic carbocycles. The molecule has 4 heteroatoms. The molecule has 1 aromatic rings. The van der Waals surface area contributed by atoms with Crippen LogP contribution in [0.25, 0.3) is 0 Å². The third kappa shape index (κ3) is 1.75. The number of hydrogen-bond donors (Lipinski definition) is 1. The second kappa shape index (κ2) is 4.12. The van der Waals surface area contributed by atoms with Crippen molar-refractivity contribution in [1.29, 1.82) is 0 Å². The Morgan fingerprint density at radius 2 is 2.31 bits per heavy atom. The number of nitrogens with one attached hydrogen (secondary N) is 1. The summed E-state index contributed by atoms with van der Waals surface area (Å²) in [6, 6.07) is 3.19. The lowest BCUT2D eigenvalue weighted by Crippen LogP contribution is -2.22. The first-order valence-corrected chi connectivity index (χ1v) is 5.27. The molecule has 0 saturated carbocycles. The van der Waals surface area contributed by atoms with Gasteiger partial charge in [0.15, 0.2) is 0 Å². The molecule has 1 aromatic carbocycles. The molecule has 16 heavy (non-hydrogen) atoms. The van der Waals surface area contributed by atoms with E-state index in [1.807, 2.05) is 6.92 Å². The highest BCUT2D eigenvalue weighted by Crippen LogP contribution is 2.29. The van der Waals surface area contributed by atoms with Crippen molar-refractivity contribution in [2.24, 2.45) is 5.92 Å². The Bertz CT molecular complexity index is 431. The van der Waals surface area contributed by atoms with Crippen molar-refractivity contribution in [2.75, 3.05) is 19.0 Å². The summed E-state index contributed by atoms with van der Waals surface area (Å²) < 4.78 is 18.6. The van der Waals surface area contributed by atoms with Crippen LogP contribution in [0.5, 0.6) is 0 Å². The molecular formula is C12H14FNO2. The maximum Gasteiger partial charge on any atom is 0.340 e. The Labute approximate surface area is 93.6 Å². The average Bonchev–Trinajstić information content (AvgIpc) is 2.29. The molecule has 1 atom stereocenters. The SMILES string of the molecule is COC(=O)c1ccc2c(c1F)CC(C)CN2. The second-order valence-electron chi connectivity index (χ2n) is 4.13. The van der Waals surface area contributed by atoms with Crippen molar-refractivity contribution in [1.82, 2.24) is 0 Å². The summed E-state index contributed by atoms with van der Waals surface area (Å²) in [6.45, 7) is 2.88. The van der Waals surface area contributed by atoms with Gasteiger partial charge in [-0.1, -0.05) is 6.92 Å². The van der Waals surface area contributed by atoms with Crippen LogP contribution in [0.15, 0.2) is 12.1 Å². The van der Waals surface area contributed by atoms with Gasteiger partial charge in [-0.25, -0.2) is 9.18 Å². The summed E-state index contributed by atoms with van der Waals surface area (Å²) >= 11 is 0. The number of anilines is 1. The van der Waals surface area contributed by atoms with Crippen LogP contribution in [0.2, 0.25) is 0 Å². The minimum atomic E-state index is -0.626. The number of carbonyl (C=O) groups excluding carboxylic acids is 1. The monoisotopic (exact) mass is 223 g/mol. The summed E-state index contributed by atoms with van der Waals surface area (Å²) in [5.74, 6) is -0.711. The van der Waals surface area contributed by atoms with Crippen LogP contribution in [0.1, 0.15) is 22.8 Å². The van der Waals surface area contributed by atoms with Crippen LogP contribution in [-0.4, -0.2) is 19.6 Å². The second-order valence-corrected chi connectivity index (χ2v) is 4.13. The lowest BCUT2D eigenvalue weighted by Gasteiger charge is -2.24. The van der Waals surface area contributed by atoms with E-state index in [1.54, 1.807) is 6.07 Å². The van der Waals surface area contributed by atoms with Crippen LogP contribution in [-0.2, 0) is 11.2 Å². The van der Waals surface area contributed by atoms with Crippen LogP contribution in [0, 0.1) is 11.7 Å². The molecular weight excluding hydrogens is 209 g/mol. The third-order valence-corrected chi connectivity index (χ3v) is 2.84. The first kappa shape index (κ1) is 10.9. The van der Waals surface area contributed by atoms with E-state index in [0.29, 0.717) is 17.9 Å². The summed E-state index contributed by atoms with van der Waals surface area (Å²) in [4.78, 5) is 11.3. The molecule has 1 aliphatic rings. The van der Waals surface area contributed by atoms with Crippen molar-refractivity contribution in [2.45, 2.75) is 13.3 Å². The predicted octanol–water partition coefficient (Wildman–Crippen LogP) is 2.22. The van der Waals surface area contributed by atoms with Crippen LogP contribution in [0.4, 0.5) is 10.1 Å². The van der Waals surface area contributed by atoms with Gasteiger partial charge in [-0.3, -0.25) is 0 Å². The normalized spacial score (nSPS) is 18.6. The molecule has 0 aromatic heterocycles. The smallest absolute Gasteiger partial charge is 0.340 e. The topological polar surface area (TPSA) is 38.3 Å². The Morgan fingerprint density at radius 1 is 1.56 bits per heavy atom. The van der Waals surface area contributed by atoms with Crippen molar-refractivity contribution < 1.29 is 13.9 Å². The fourth-order valence-corrected chi connectivity index (χ4v) is 1.96. The zero-order valence-electron chi connectivity index (χ0n) is 9.34. The van der Waals surface area contributed by atoms with Crippen molar-refractivity contribution in [3.63, 3.8) is 0 Å². The zero-order valence-corrected chi connectivity index (χ0v) is 9.34. The first-order valence-electron chi connectivity index (χ1n) is 5.27. The van der Waals surface area contributed by atoms with Gasteiger partial charge < -0.3 is 10.1 Å². The number of ether oxygens (including phenoxy) is 1. The first-order chi connectivity index (χ1) is 7.63. The molecule has 0 radical (unpaired) electrons. The lowest BCUT2D eigenvalue weighted by atomic mass is 9.93. The quantitative estimate of drug-likeness (QED) is 0.742. The minimum Gasteiger partial charge on any atom is -0.465 e. The van der Waals surface area contributed by atoms with Gasteiger partial charge in [0.2, 0.25) is 0 Å². The van der Waals surface area contributed by atoms with E-state index >= 15 is 0 Å². The molecule has 1 unspecified atom stereocenters. The van der Waals surface area contributed by atoms with Gasteiger partial charge in [-0.15, -0.1) is 0 Å². The predicted molar refractivity (Wildman–Crippen MR) is 59.1 cm³/mol. The molecule has 0 fully saturated rings. The molecule has 1 N–H and O–H groups in total. The Morgan fingerprint density at radius 3 is 3.00 bits per heavy atom. The highest BCUT2D eigenvalue weighted by molar-refractivity contribution is 5.90. The number of halogens is 1. The van der Waals surface area contributed by atoms with E-state index in [4.69, 9.17) is 0 Å². The molecule has 86 valence electrons. The number of rotatable bonds is 1. The van der Waals surface area contributed by atoms with E-state index in [2.05, 4.69) is 10.1 Å². The largest absolute Gasteiger partial charge is 0.465 e. The molecule has 0 spiro atoms. The van der Waals surface area contributed by atoms with Crippen molar-refractivity contribution >= 4 is 11.7 Å². The summed E-state index contributed by atoms with van der Waals surface area (Å²) in [7, 11) is 1.25. The van der Waals surface area contributed by atoms with Crippen molar-refractivity contribution in [3.05, 3.63) is 29.1 Å². The van der Waals surface area contributed by atoms with Gasteiger partial charge >= 0.3 is 5.97 Å². The molecule has 0 bridgehead atoms. The van der Waals surface area contributed by atoms with Crippen LogP contribution < -0.4 is 5.32 Å². The van der Waals surface area contributed by atoms with E-state index < -0.39 is 11.8 Å². The van der Waals surface area contributed by atoms with E-state index in [-0.39, 0.29) is 5.56 Å². The number of hydrogen-bond acceptors (Lipinski definition) is 3. The van der Waals surface area contributed by atoms with Crippen LogP contribution >= 0.6 is 0 Å². The Balaban J connectivity index is 2.46. The molecule has 0 amide bonds. The number of methoxy groups -OCH3 is 1. The van der Waals surface area contributed by atoms with Gasteiger partial charge in [-0.2, -0.15) is 0 Å². The molecule has 1 aliphatic heterocycles. The minimum absolute atomic E-state index is 0.0113.